The molecule has 1 aliphatic rings. The molecule has 0 spiro atoms. The maximum atomic E-state index is 12.8. The van der Waals surface area contributed by atoms with Crippen molar-refractivity contribution in [3.8, 4) is 5.75 Å². The SMILES string of the molecule is O=[N+]([O-])c1cnc(NCc2ccccc2OC(F)(F)F)nc1N(CC1CCC(NCCCO)CC1)c1ccccc1. The predicted molar refractivity (Wildman–Crippen MR) is 148 cm³/mol. The number of hydrogen-bond donors (Lipinski definition) is 3. The Morgan fingerprint density at radius 2 is 1.78 bits per heavy atom. The van der Waals surface area contributed by atoms with E-state index in [1.54, 1.807) is 6.07 Å². The summed E-state index contributed by atoms with van der Waals surface area (Å²) in [5.41, 5.74) is 0.671. The summed E-state index contributed by atoms with van der Waals surface area (Å²) < 4.78 is 42.6. The largest absolute Gasteiger partial charge is 0.573 e. The van der Waals surface area contributed by atoms with Crippen LogP contribution >= 0.6 is 0 Å². The van der Waals surface area contributed by atoms with Crippen LogP contribution in [-0.2, 0) is 6.54 Å². The molecule has 1 fully saturated rings. The highest BCUT2D eigenvalue weighted by Gasteiger charge is 2.32. The number of aliphatic hydroxyl groups is 1. The van der Waals surface area contributed by atoms with Crippen LogP contribution in [0.2, 0.25) is 0 Å². The number of anilines is 3. The number of ether oxygens (including phenoxy) is 1. The highest BCUT2D eigenvalue weighted by Crippen LogP contribution is 2.36. The Balaban J connectivity index is 1.56. The van der Waals surface area contributed by atoms with Gasteiger partial charge < -0.3 is 25.4 Å². The van der Waals surface area contributed by atoms with Crippen molar-refractivity contribution in [1.82, 2.24) is 15.3 Å². The van der Waals surface area contributed by atoms with Gasteiger partial charge in [-0.3, -0.25) is 10.1 Å². The Kier molecular flexibility index (Phi) is 10.3. The molecule has 1 aromatic heterocycles. The van der Waals surface area contributed by atoms with Crippen LogP contribution in [0.3, 0.4) is 0 Å². The van der Waals surface area contributed by atoms with Gasteiger partial charge >= 0.3 is 12.0 Å². The summed E-state index contributed by atoms with van der Waals surface area (Å²) in [7, 11) is 0. The first-order valence-corrected chi connectivity index (χ1v) is 13.5. The Bertz CT molecular complexity index is 1270. The molecule has 0 aliphatic heterocycles. The first-order chi connectivity index (χ1) is 19.7. The lowest BCUT2D eigenvalue weighted by Gasteiger charge is -2.33. The molecular formula is C28H33F3N6O4. The van der Waals surface area contributed by atoms with Crippen LogP contribution in [0.25, 0.3) is 0 Å². The number of aromatic nitrogens is 2. The van der Waals surface area contributed by atoms with Gasteiger partial charge in [0.15, 0.2) is 0 Å². The van der Waals surface area contributed by atoms with Gasteiger partial charge in [-0.25, -0.2) is 4.98 Å². The van der Waals surface area contributed by atoms with Crippen LogP contribution in [0.5, 0.6) is 5.75 Å². The molecule has 3 N–H and O–H groups in total. The molecular weight excluding hydrogens is 541 g/mol. The minimum Gasteiger partial charge on any atom is -0.405 e. The molecule has 3 aromatic rings. The van der Waals surface area contributed by atoms with E-state index in [2.05, 4.69) is 25.3 Å². The van der Waals surface area contributed by atoms with Crippen molar-refractivity contribution >= 4 is 23.1 Å². The van der Waals surface area contributed by atoms with Gasteiger partial charge in [-0.1, -0.05) is 36.4 Å². The molecule has 2 aromatic carbocycles. The van der Waals surface area contributed by atoms with Crippen molar-refractivity contribution in [3.63, 3.8) is 0 Å². The third kappa shape index (κ3) is 8.76. The maximum absolute atomic E-state index is 12.8. The van der Waals surface area contributed by atoms with Crippen LogP contribution in [0.1, 0.15) is 37.7 Å². The van der Waals surface area contributed by atoms with Crippen LogP contribution < -0.4 is 20.3 Å². The van der Waals surface area contributed by atoms with E-state index in [1.807, 2.05) is 35.2 Å². The van der Waals surface area contributed by atoms with Crippen molar-refractivity contribution in [1.29, 1.82) is 0 Å². The summed E-state index contributed by atoms with van der Waals surface area (Å²) in [6.07, 6.45) is 0.711. The molecule has 1 heterocycles. The van der Waals surface area contributed by atoms with Crippen LogP contribution in [0.15, 0.2) is 60.8 Å². The van der Waals surface area contributed by atoms with Gasteiger partial charge in [-0.15, -0.1) is 13.2 Å². The molecule has 1 aliphatic carbocycles. The van der Waals surface area contributed by atoms with Crippen LogP contribution in [0, 0.1) is 16.0 Å². The second-order valence-electron chi connectivity index (χ2n) is 9.86. The van der Waals surface area contributed by atoms with Gasteiger partial charge in [0.2, 0.25) is 11.8 Å². The van der Waals surface area contributed by atoms with Crippen molar-refractivity contribution in [3.05, 3.63) is 76.5 Å². The number of hydrogen-bond acceptors (Lipinski definition) is 9. The van der Waals surface area contributed by atoms with E-state index in [4.69, 9.17) is 5.11 Å². The Morgan fingerprint density at radius 1 is 1.07 bits per heavy atom. The number of rotatable bonds is 13. The van der Waals surface area contributed by atoms with E-state index >= 15 is 0 Å². The van der Waals surface area contributed by atoms with Crippen molar-refractivity contribution < 1.29 is 27.9 Å². The topological polar surface area (TPSA) is 126 Å². The lowest BCUT2D eigenvalue weighted by Crippen LogP contribution is -2.37. The number of nitro groups is 1. The molecule has 41 heavy (non-hydrogen) atoms. The Morgan fingerprint density at radius 3 is 2.46 bits per heavy atom. The van der Waals surface area contributed by atoms with Crippen molar-refractivity contribution in [2.24, 2.45) is 5.92 Å². The van der Waals surface area contributed by atoms with Crippen LogP contribution in [-0.4, -0.2) is 52.1 Å². The monoisotopic (exact) mass is 574 g/mol. The average molecular weight is 575 g/mol. The second-order valence-corrected chi connectivity index (χ2v) is 9.86. The lowest BCUT2D eigenvalue weighted by atomic mass is 9.85. The zero-order valence-corrected chi connectivity index (χ0v) is 22.4. The maximum Gasteiger partial charge on any atom is 0.573 e. The van der Waals surface area contributed by atoms with Crippen molar-refractivity contribution in [2.45, 2.75) is 51.1 Å². The minimum atomic E-state index is -4.85. The highest BCUT2D eigenvalue weighted by molar-refractivity contribution is 5.69. The molecule has 1 saturated carbocycles. The molecule has 0 atom stereocenters. The van der Waals surface area contributed by atoms with Crippen LogP contribution in [0.4, 0.5) is 36.3 Å². The number of nitrogens with one attached hydrogen (secondary N) is 2. The summed E-state index contributed by atoms with van der Waals surface area (Å²) in [6.45, 7) is 1.31. The average Bonchev–Trinajstić information content (AvgIpc) is 2.96. The predicted octanol–water partition coefficient (Wildman–Crippen LogP) is 5.56. The van der Waals surface area contributed by atoms with Gasteiger partial charge in [0.25, 0.3) is 0 Å². The molecule has 13 heteroatoms. The summed E-state index contributed by atoms with van der Waals surface area (Å²) in [5, 5.41) is 27.4. The Labute approximate surface area is 235 Å². The fourth-order valence-corrected chi connectivity index (χ4v) is 4.94. The van der Waals surface area contributed by atoms with E-state index in [9.17, 15) is 23.3 Å². The first-order valence-electron chi connectivity index (χ1n) is 13.5. The normalized spacial score (nSPS) is 17.2. The van der Waals surface area contributed by atoms with E-state index in [0.29, 0.717) is 19.0 Å². The molecule has 4 rings (SSSR count). The molecule has 10 nitrogen and oxygen atoms in total. The molecule has 0 radical (unpaired) electrons. The third-order valence-electron chi connectivity index (χ3n) is 6.96. The van der Waals surface area contributed by atoms with Gasteiger partial charge in [0.05, 0.1) is 4.92 Å². The molecule has 0 unspecified atom stereocenters. The fourth-order valence-electron chi connectivity index (χ4n) is 4.94. The quantitative estimate of drug-likeness (QED) is 0.137. The van der Waals surface area contributed by atoms with E-state index < -0.39 is 11.3 Å². The summed E-state index contributed by atoms with van der Waals surface area (Å²) >= 11 is 0. The number of benzene rings is 2. The fraction of sp³-hybridized carbons (Fsp3) is 0.429. The zero-order chi connectivity index (χ0) is 29.2. The standard InChI is InChI=1S/C28H33F3N6O4/c29-28(30,31)41-25-10-5-4-7-21(25)17-33-27-34-18-24(37(39)40)26(35-27)36(23-8-2-1-3-9-23)19-20-11-13-22(14-12-20)32-15-6-16-38/h1-5,7-10,18,20,22,32,38H,6,11-17,19H2,(H,33,34,35). The second kappa shape index (κ2) is 14.1. The number of halogens is 3. The summed E-state index contributed by atoms with van der Waals surface area (Å²) in [6, 6.07) is 15.3. The highest BCUT2D eigenvalue weighted by atomic mass is 19.4. The minimum absolute atomic E-state index is 0.0325. The summed E-state index contributed by atoms with van der Waals surface area (Å²) in [5.74, 6) is 0.0253. The third-order valence-corrected chi connectivity index (χ3v) is 6.96. The molecule has 220 valence electrons. The molecule has 0 bridgehead atoms. The van der Waals surface area contributed by atoms with Gasteiger partial charge in [0.1, 0.15) is 11.9 Å². The molecule has 0 saturated heterocycles. The Hall–Kier alpha value is -3.97. The first kappa shape index (κ1) is 30.0. The zero-order valence-electron chi connectivity index (χ0n) is 22.4. The number of nitrogens with zero attached hydrogens (tertiary/aromatic N) is 4. The van der Waals surface area contributed by atoms with E-state index in [-0.39, 0.29) is 47.8 Å². The summed E-state index contributed by atoms with van der Waals surface area (Å²) in [4.78, 5) is 21.8. The van der Waals surface area contributed by atoms with Gasteiger partial charge in [-0.2, -0.15) is 4.98 Å². The van der Waals surface area contributed by atoms with E-state index in [0.717, 1.165) is 44.1 Å². The lowest BCUT2D eigenvalue weighted by molar-refractivity contribution is -0.384. The number of para-hydroxylation sites is 2. The van der Waals surface area contributed by atoms with Crippen molar-refractivity contribution in [2.75, 3.05) is 29.9 Å². The van der Waals surface area contributed by atoms with Gasteiger partial charge in [0, 0.05) is 37.0 Å². The smallest absolute Gasteiger partial charge is 0.405 e. The molecule has 0 amide bonds. The van der Waals surface area contributed by atoms with E-state index in [1.165, 1.54) is 18.2 Å². The van der Waals surface area contributed by atoms with Gasteiger partial charge in [-0.05, 0) is 62.8 Å². The number of aliphatic hydroxyl groups excluding tert-OH is 1. The number of alkyl halides is 3.